The van der Waals surface area contributed by atoms with Crippen molar-refractivity contribution in [2.24, 2.45) is 5.92 Å². The Balaban J connectivity index is 1.65. The van der Waals surface area contributed by atoms with Crippen LogP contribution in [-0.2, 0) is 6.54 Å². The minimum Gasteiger partial charge on any atom is -0.353 e. The summed E-state index contributed by atoms with van der Waals surface area (Å²) in [5.41, 5.74) is 1.12. The molecule has 0 amide bonds. The molecule has 2 atom stereocenters. The maximum Gasteiger partial charge on any atom is 0.203 e. The monoisotopic (exact) mass is 276 g/mol. The SMILES string of the molecule is Cc1cn(CC(C)C)c(NC2CCN3CCCC3C2)n1. The van der Waals surface area contributed by atoms with Gasteiger partial charge < -0.3 is 14.8 Å². The number of hydrogen-bond donors (Lipinski definition) is 1. The first-order chi connectivity index (χ1) is 9.61. The molecular formula is C16H28N4. The number of hydrogen-bond acceptors (Lipinski definition) is 3. The molecule has 20 heavy (non-hydrogen) atoms. The highest BCUT2D eigenvalue weighted by Gasteiger charge is 2.32. The number of anilines is 1. The third-order valence-electron chi connectivity index (χ3n) is 4.61. The molecule has 0 radical (unpaired) electrons. The van der Waals surface area contributed by atoms with Crippen LogP contribution in [0.25, 0.3) is 0 Å². The third-order valence-corrected chi connectivity index (χ3v) is 4.61. The van der Waals surface area contributed by atoms with Gasteiger partial charge in [0.15, 0.2) is 0 Å². The van der Waals surface area contributed by atoms with Crippen LogP contribution in [0.3, 0.4) is 0 Å². The van der Waals surface area contributed by atoms with Gasteiger partial charge >= 0.3 is 0 Å². The van der Waals surface area contributed by atoms with E-state index in [1.54, 1.807) is 0 Å². The van der Waals surface area contributed by atoms with Crippen molar-refractivity contribution < 1.29 is 0 Å². The Bertz CT molecular complexity index is 451. The van der Waals surface area contributed by atoms with Crippen LogP contribution in [0.1, 0.15) is 45.2 Å². The average molecular weight is 276 g/mol. The number of fused-ring (bicyclic) bond motifs is 1. The van der Waals surface area contributed by atoms with Gasteiger partial charge in [0.2, 0.25) is 5.95 Å². The highest BCUT2D eigenvalue weighted by molar-refractivity contribution is 5.30. The van der Waals surface area contributed by atoms with E-state index in [1.807, 2.05) is 0 Å². The summed E-state index contributed by atoms with van der Waals surface area (Å²) in [7, 11) is 0. The predicted molar refractivity (Wildman–Crippen MR) is 83.0 cm³/mol. The molecule has 3 heterocycles. The minimum absolute atomic E-state index is 0.599. The number of nitrogens with one attached hydrogen (secondary N) is 1. The van der Waals surface area contributed by atoms with Gasteiger partial charge in [-0.05, 0) is 45.1 Å². The molecule has 0 aromatic carbocycles. The summed E-state index contributed by atoms with van der Waals surface area (Å²) in [6.45, 7) is 10.2. The molecule has 2 aliphatic rings. The van der Waals surface area contributed by atoms with Gasteiger partial charge in [-0.25, -0.2) is 4.98 Å². The Labute approximate surface area is 122 Å². The number of aryl methyl sites for hydroxylation is 1. The van der Waals surface area contributed by atoms with Gasteiger partial charge in [-0.2, -0.15) is 0 Å². The Hall–Kier alpha value is -1.03. The van der Waals surface area contributed by atoms with Gasteiger partial charge in [0.1, 0.15) is 0 Å². The van der Waals surface area contributed by atoms with Crippen molar-refractivity contribution in [1.29, 1.82) is 0 Å². The molecule has 4 heteroatoms. The van der Waals surface area contributed by atoms with Gasteiger partial charge in [0.05, 0.1) is 5.69 Å². The van der Waals surface area contributed by atoms with Crippen molar-refractivity contribution >= 4 is 5.95 Å². The lowest BCUT2D eigenvalue weighted by Gasteiger charge is -2.35. The topological polar surface area (TPSA) is 33.1 Å². The first-order valence-corrected chi connectivity index (χ1v) is 8.16. The van der Waals surface area contributed by atoms with Crippen LogP contribution in [-0.4, -0.2) is 39.6 Å². The van der Waals surface area contributed by atoms with E-state index in [9.17, 15) is 0 Å². The number of piperidine rings is 1. The maximum absolute atomic E-state index is 4.68. The van der Waals surface area contributed by atoms with Crippen molar-refractivity contribution in [2.45, 2.75) is 65.1 Å². The maximum atomic E-state index is 4.68. The number of imidazole rings is 1. The molecule has 0 saturated carbocycles. The molecule has 0 bridgehead atoms. The summed E-state index contributed by atoms with van der Waals surface area (Å²) in [6, 6.07) is 1.41. The van der Waals surface area contributed by atoms with E-state index in [0.29, 0.717) is 12.0 Å². The average Bonchev–Trinajstić information content (AvgIpc) is 2.95. The van der Waals surface area contributed by atoms with Crippen LogP contribution in [0.4, 0.5) is 5.95 Å². The zero-order valence-corrected chi connectivity index (χ0v) is 13.1. The molecule has 1 aromatic heterocycles. The molecule has 2 unspecified atom stereocenters. The Morgan fingerprint density at radius 2 is 2.20 bits per heavy atom. The third kappa shape index (κ3) is 3.00. The van der Waals surface area contributed by atoms with E-state index in [4.69, 9.17) is 0 Å². The molecular weight excluding hydrogens is 248 g/mol. The fraction of sp³-hybridized carbons (Fsp3) is 0.812. The van der Waals surface area contributed by atoms with Gasteiger partial charge in [0.25, 0.3) is 0 Å². The minimum atomic E-state index is 0.599. The van der Waals surface area contributed by atoms with Crippen LogP contribution < -0.4 is 5.32 Å². The fourth-order valence-electron chi connectivity index (χ4n) is 3.73. The second kappa shape index (κ2) is 5.76. The summed E-state index contributed by atoms with van der Waals surface area (Å²) in [6.07, 6.45) is 7.49. The van der Waals surface area contributed by atoms with E-state index in [1.165, 1.54) is 38.8 Å². The fourth-order valence-corrected chi connectivity index (χ4v) is 3.73. The lowest BCUT2D eigenvalue weighted by molar-refractivity contribution is 0.187. The molecule has 1 aromatic rings. The summed E-state index contributed by atoms with van der Waals surface area (Å²) in [5.74, 6) is 1.73. The van der Waals surface area contributed by atoms with Crippen LogP contribution in [0.2, 0.25) is 0 Å². The lowest BCUT2D eigenvalue weighted by Crippen LogP contribution is -2.43. The van der Waals surface area contributed by atoms with E-state index in [2.05, 4.69) is 46.7 Å². The molecule has 112 valence electrons. The normalized spacial score (nSPS) is 27.0. The van der Waals surface area contributed by atoms with Crippen molar-refractivity contribution in [3.63, 3.8) is 0 Å². The zero-order chi connectivity index (χ0) is 14.1. The molecule has 1 N–H and O–H groups in total. The molecule has 0 aliphatic carbocycles. The second-order valence-corrected chi connectivity index (χ2v) is 6.95. The van der Waals surface area contributed by atoms with Crippen LogP contribution in [0.5, 0.6) is 0 Å². The highest BCUT2D eigenvalue weighted by atomic mass is 15.2. The largest absolute Gasteiger partial charge is 0.353 e. The van der Waals surface area contributed by atoms with Crippen LogP contribution in [0, 0.1) is 12.8 Å². The Kier molecular flexibility index (Phi) is 4.01. The predicted octanol–water partition coefficient (Wildman–Crippen LogP) is 2.89. The van der Waals surface area contributed by atoms with Crippen molar-refractivity contribution in [3.8, 4) is 0 Å². The van der Waals surface area contributed by atoms with E-state index in [0.717, 1.165) is 24.2 Å². The molecule has 4 nitrogen and oxygen atoms in total. The highest BCUT2D eigenvalue weighted by Crippen LogP contribution is 2.28. The molecule has 2 fully saturated rings. The molecule has 2 saturated heterocycles. The van der Waals surface area contributed by atoms with Crippen molar-refractivity contribution in [2.75, 3.05) is 18.4 Å². The van der Waals surface area contributed by atoms with Gasteiger partial charge in [0, 0.05) is 31.4 Å². The number of nitrogens with zero attached hydrogens (tertiary/aromatic N) is 3. The van der Waals surface area contributed by atoms with Gasteiger partial charge in [-0.3, -0.25) is 0 Å². The molecule has 2 aliphatic heterocycles. The summed E-state index contributed by atoms with van der Waals surface area (Å²) in [5, 5.41) is 3.71. The van der Waals surface area contributed by atoms with Crippen molar-refractivity contribution in [1.82, 2.24) is 14.5 Å². The quantitative estimate of drug-likeness (QED) is 0.918. The Morgan fingerprint density at radius 1 is 1.35 bits per heavy atom. The zero-order valence-electron chi connectivity index (χ0n) is 13.1. The number of aromatic nitrogens is 2. The van der Waals surface area contributed by atoms with Gasteiger partial charge in [-0.15, -0.1) is 0 Å². The molecule has 3 rings (SSSR count). The summed E-state index contributed by atoms with van der Waals surface area (Å²) in [4.78, 5) is 7.35. The van der Waals surface area contributed by atoms with E-state index >= 15 is 0 Å². The molecule has 0 spiro atoms. The Morgan fingerprint density at radius 3 is 3.00 bits per heavy atom. The van der Waals surface area contributed by atoms with Crippen LogP contribution in [0.15, 0.2) is 6.20 Å². The standard InChI is InChI=1S/C16H28N4/c1-12(2)10-20-11-13(3)17-16(20)18-14-6-8-19-7-4-5-15(19)9-14/h11-12,14-15H,4-10H2,1-3H3,(H,17,18). The number of rotatable bonds is 4. The van der Waals surface area contributed by atoms with E-state index in [-0.39, 0.29) is 0 Å². The lowest BCUT2D eigenvalue weighted by atomic mass is 9.98. The van der Waals surface area contributed by atoms with Crippen LogP contribution >= 0.6 is 0 Å². The van der Waals surface area contributed by atoms with Gasteiger partial charge in [-0.1, -0.05) is 13.8 Å². The van der Waals surface area contributed by atoms with E-state index < -0.39 is 0 Å². The second-order valence-electron chi connectivity index (χ2n) is 6.95. The smallest absolute Gasteiger partial charge is 0.203 e. The van der Waals surface area contributed by atoms with Crippen molar-refractivity contribution in [3.05, 3.63) is 11.9 Å². The summed E-state index contributed by atoms with van der Waals surface area (Å²) >= 11 is 0. The first kappa shape index (κ1) is 13.9. The first-order valence-electron chi connectivity index (χ1n) is 8.16. The summed E-state index contributed by atoms with van der Waals surface area (Å²) < 4.78 is 2.29.